The Bertz CT molecular complexity index is 553. The minimum atomic E-state index is -1.10. The molecule has 1 spiro atoms. The van der Waals surface area contributed by atoms with Crippen molar-refractivity contribution in [2.24, 2.45) is 5.16 Å². The molecule has 0 N–H and O–H groups in total. The van der Waals surface area contributed by atoms with Crippen LogP contribution in [0.1, 0.15) is 19.8 Å². The van der Waals surface area contributed by atoms with Gasteiger partial charge in [0.2, 0.25) is 11.5 Å². The summed E-state index contributed by atoms with van der Waals surface area (Å²) in [7, 11) is 0. The molecule has 2 aliphatic heterocycles. The summed E-state index contributed by atoms with van der Waals surface area (Å²) >= 11 is 0. The summed E-state index contributed by atoms with van der Waals surface area (Å²) in [6.45, 7) is 1.79. The maximum Gasteiger partial charge on any atom is 0.281 e. The fourth-order valence-electron chi connectivity index (χ4n) is 2.41. The van der Waals surface area contributed by atoms with Gasteiger partial charge in [-0.15, -0.1) is 0 Å². The molecule has 1 saturated heterocycles. The molecule has 1 fully saturated rings. The minimum absolute atomic E-state index is 0.0571. The molecule has 92 valence electrons. The third-order valence-electron chi connectivity index (χ3n) is 3.21. The third-order valence-corrected chi connectivity index (χ3v) is 3.21. The second-order valence-electron chi connectivity index (χ2n) is 4.64. The molecule has 5 heteroatoms. The maximum atomic E-state index is 12.4. The molecule has 0 aliphatic carbocycles. The van der Waals surface area contributed by atoms with E-state index < -0.39 is 5.60 Å². The topological polar surface area (TPSA) is 59.0 Å². The second kappa shape index (κ2) is 3.66. The minimum Gasteiger partial charge on any atom is -0.378 e. The number of imide groups is 1. The van der Waals surface area contributed by atoms with Gasteiger partial charge in [-0.2, -0.15) is 0 Å². The molecule has 0 radical (unpaired) electrons. The van der Waals surface area contributed by atoms with Crippen molar-refractivity contribution < 1.29 is 14.4 Å². The highest BCUT2D eigenvalue weighted by Crippen LogP contribution is 2.37. The Morgan fingerprint density at radius 3 is 2.56 bits per heavy atom. The number of hydrogen-bond acceptors (Lipinski definition) is 4. The van der Waals surface area contributed by atoms with Crippen LogP contribution in [0, 0.1) is 0 Å². The van der Waals surface area contributed by atoms with E-state index in [4.69, 9.17) is 4.84 Å². The predicted octanol–water partition coefficient (Wildman–Crippen LogP) is 1.48. The highest BCUT2D eigenvalue weighted by atomic mass is 16.7. The summed E-state index contributed by atoms with van der Waals surface area (Å²) < 4.78 is 0. The first-order chi connectivity index (χ1) is 8.62. The van der Waals surface area contributed by atoms with E-state index >= 15 is 0 Å². The number of nitrogens with zero attached hydrogens (tertiary/aromatic N) is 2. The summed E-state index contributed by atoms with van der Waals surface area (Å²) in [6.07, 6.45) is 0.447. The van der Waals surface area contributed by atoms with Crippen molar-refractivity contribution in [1.29, 1.82) is 0 Å². The van der Waals surface area contributed by atoms with Crippen molar-refractivity contribution in [3.8, 4) is 0 Å². The van der Waals surface area contributed by atoms with Gasteiger partial charge >= 0.3 is 0 Å². The maximum absolute atomic E-state index is 12.4. The average molecular weight is 244 g/mol. The van der Waals surface area contributed by atoms with Crippen LogP contribution in [0.2, 0.25) is 0 Å². The molecule has 3 rings (SSSR count). The zero-order valence-electron chi connectivity index (χ0n) is 9.92. The van der Waals surface area contributed by atoms with E-state index in [0.717, 1.165) is 5.71 Å². The van der Waals surface area contributed by atoms with Crippen LogP contribution < -0.4 is 4.90 Å². The van der Waals surface area contributed by atoms with E-state index in [9.17, 15) is 9.59 Å². The van der Waals surface area contributed by atoms with E-state index in [0.29, 0.717) is 12.1 Å². The van der Waals surface area contributed by atoms with Crippen LogP contribution in [0.5, 0.6) is 0 Å². The van der Waals surface area contributed by atoms with Gasteiger partial charge in [0.15, 0.2) is 0 Å². The Morgan fingerprint density at radius 1 is 1.22 bits per heavy atom. The molecule has 18 heavy (non-hydrogen) atoms. The first-order valence-electron chi connectivity index (χ1n) is 5.76. The number of amides is 2. The highest BCUT2D eigenvalue weighted by Gasteiger charge is 2.57. The van der Waals surface area contributed by atoms with E-state index in [1.807, 2.05) is 6.07 Å². The first kappa shape index (κ1) is 11.0. The molecule has 2 heterocycles. The smallest absolute Gasteiger partial charge is 0.281 e. The molecule has 0 saturated carbocycles. The molecule has 2 amide bonds. The number of oxime groups is 1. The van der Waals surface area contributed by atoms with E-state index in [2.05, 4.69) is 5.16 Å². The molecule has 1 atom stereocenters. The van der Waals surface area contributed by atoms with Gasteiger partial charge in [0.25, 0.3) is 5.91 Å². The quantitative estimate of drug-likeness (QED) is 0.703. The van der Waals surface area contributed by atoms with Crippen LogP contribution in [-0.2, 0) is 14.4 Å². The number of carbonyl (C=O) groups excluding carboxylic acids is 2. The number of benzene rings is 1. The van der Waals surface area contributed by atoms with Crippen molar-refractivity contribution in [3.05, 3.63) is 30.3 Å². The zero-order valence-corrected chi connectivity index (χ0v) is 9.92. The molecule has 5 nitrogen and oxygen atoms in total. The Morgan fingerprint density at radius 2 is 1.94 bits per heavy atom. The summed E-state index contributed by atoms with van der Waals surface area (Å²) in [5, 5.41) is 3.80. The lowest BCUT2D eigenvalue weighted by molar-refractivity contribution is -0.136. The van der Waals surface area contributed by atoms with Crippen molar-refractivity contribution >= 4 is 23.2 Å². The Balaban J connectivity index is 1.96. The van der Waals surface area contributed by atoms with Gasteiger partial charge in [-0.1, -0.05) is 23.4 Å². The van der Waals surface area contributed by atoms with Gasteiger partial charge < -0.3 is 4.84 Å². The van der Waals surface area contributed by atoms with E-state index in [-0.39, 0.29) is 18.2 Å². The van der Waals surface area contributed by atoms with E-state index in [1.54, 1.807) is 31.2 Å². The Hall–Kier alpha value is -2.17. The van der Waals surface area contributed by atoms with Crippen molar-refractivity contribution in [2.75, 3.05) is 4.90 Å². The summed E-state index contributed by atoms with van der Waals surface area (Å²) in [5.41, 5.74) is 0.223. The standard InChI is InChI=1S/C13H12N2O3/c1-9-7-13(18-14-9)8-11(16)15(12(13)17)10-5-3-2-4-6-10/h2-6H,7-8H2,1H3. The van der Waals surface area contributed by atoms with Gasteiger partial charge in [-0.3, -0.25) is 9.59 Å². The Labute approximate surface area is 104 Å². The Kier molecular flexibility index (Phi) is 2.23. The predicted molar refractivity (Wildman–Crippen MR) is 65.1 cm³/mol. The summed E-state index contributed by atoms with van der Waals surface area (Å²) in [5.74, 6) is -0.560. The lowest BCUT2D eigenvalue weighted by Crippen LogP contribution is -2.40. The molecule has 1 aromatic carbocycles. The monoisotopic (exact) mass is 244 g/mol. The van der Waals surface area contributed by atoms with Gasteiger partial charge in [-0.05, 0) is 19.1 Å². The molecular weight excluding hydrogens is 232 g/mol. The normalized spacial score (nSPS) is 26.7. The molecule has 2 aliphatic rings. The fraction of sp³-hybridized carbons (Fsp3) is 0.308. The van der Waals surface area contributed by atoms with Crippen molar-refractivity contribution in [1.82, 2.24) is 0 Å². The van der Waals surface area contributed by atoms with Crippen molar-refractivity contribution in [2.45, 2.75) is 25.4 Å². The van der Waals surface area contributed by atoms with Crippen LogP contribution in [0.3, 0.4) is 0 Å². The van der Waals surface area contributed by atoms with E-state index in [1.165, 1.54) is 4.90 Å². The van der Waals surface area contributed by atoms with Crippen molar-refractivity contribution in [3.63, 3.8) is 0 Å². The molecule has 0 aromatic heterocycles. The largest absolute Gasteiger partial charge is 0.378 e. The lowest BCUT2D eigenvalue weighted by atomic mass is 9.96. The molecule has 1 unspecified atom stereocenters. The number of rotatable bonds is 1. The van der Waals surface area contributed by atoms with Gasteiger partial charge in [0.05, 0.1) is 17.8 Å². The lowest BCUT2D eigenvalue weighted by Gasteiger charge is -2.19. The van der Waals surface area contributed by atoms with Crippen LogP contribution in [-0.4, -0.2) is 23.1 Å². The van der Waals surface area contributed by atoms with Gasteiger partial charge in [-0.25, -0.2) is 4.90 Å². The summed E-state index contributed by atoms with van der Waals surface area (Å²) in [6, 6.07) is 8.88. The van der Waals surface area contributed by atoms with Crippen LogP contribution in [0.15, 0.2) is 35.5 Å². The number of anilines is 1. The van der Waals surface area contributed by atoms with Gasteiger partial charge in [0.1, 0.15) is 0 Å². The fourth-order valence-corrected chi connectivity index (χ4v) is 2.41. The van der Waals surface area contributed by atoms with Crippen LogP contribution >= 0.6 is 0 Å². The third kappa shape index (κ3) is 1.44. The summed E-state index contributed by atoms with van der Waals surface area (Å²) in [4.78, 5) is 30.8. The zero-order chi connectivity index (χ0) is 12.8. The number of para-hydroxylation sites is 1. The van der Waals surface area contributed by atoms with Crippen LogP contribution in [0.25, 0.3) is 0 Å². The molecular formula is C13H12N2O3. The van der Waals surface area contributed by atoms with Crippen LogP contribution in [0.4, 0.5) is 5.69 Å². The second-order valence-corrected chi connectivity index (χ2v) is 4.64. The molecule has 0 bridgehead atoms. The number of carbonyl (C=O) groups is 2. The molecule has 1 aromatic rings. The highest BCUT2D eigenvalue weighted by molar-refractivity contribution is 6.25. The number of hydrogen-bond donors (Lipinski definition) is 0. The first-order valence-corrected chi connectivity index (χ1v) is 5.76. The SMILES string of the molecule is CC1=NOC2(CC(=O)N(c3ccccc3)C2=O)C1. The van der Waals surface area contributed by atoms with Gasteiger partial charge in [0, 0.05) is 6.42 Å². The average Bonchev–Trinajstić information content (AvgIpc) is 2.83.